The first-order chi connectivity index (χ1) is 6.97. The first kappa shape index (κ1) is 10.2. The highest BCUT2D eigenvalue weighted by molar-refractivity contribution is 5.53. The lowest BCUT2D eigenvalue weighted by Gasteiger charge is -2.21. The maximum absolute atomic E-state index is 9.22. The van der Waals surface area contributed by atoms with Crippen molar-refractivity contribution in [2.75, 3.05) is 0 Å². The average Bonchev–Trinajstić information content (AvgIpc) is 2.44. The number of aryl methyl sites for hydroxylation is 2. The number of hydrogen-bond donors (Lipinski definition) is 0. The number of nitrogens with zero attached hydrogens (tertiary/aromatic N) is 2. The van der Waals surface area contributed by atoms with Gasteiger partial charge in [-0.05, 0) is 43.2 Å². The van der Waals surface area contributed by atoms with Crippen molar-refractivity contribution < 1.29 is 0 Å². The van der Waals surface area contributed by atoms with Crippen LogP contribution in [0.3, 0.4) is 0 Å². The van der Waals surface area contributed by atoms with Crippen LogP contribution in [0.1, 0.15) is 48.3 Å². The van der Waals surface area contributed by atoms with E-state index >= 15 is 0 Å². The van der Waals surface area contributed by atoms with Gasteiger partial charge in [-0.3, -0.25) is 4.98 Å². The van der Waals surface area contributed by atoms with Crippen molar-refractivity contribution >= 4 is 0 Å². The van der Waals surface area contributed by atoms with E-state index in [9.17, 15) is 5.26 Å². The molecule has 0 unspecified atom stereocenters. The number of nitriles is 1. The van der Waals surface area contributed by atoms with E-state index < -0.39 is 0 Å². The Hall–Kier alpha value is -1.36. The molecule has 0 saturated heterocycles. The van der Waals surface area contributed by atoms with E-state index in [1.165, 1.54) is 11.1 Å². The molecule has 0 spiro atoms. The summed E-state index contributed by atoms with van der Waals surface area (Å²) in [6.07, 6.45) is 2.19. The molecule has 1 aliphatic carbocycles. The van der Waals surface area contributed by atoms with Crippen LogP contribution in [0.15, 0.2) is 0 Å². The van der Waals surface area contributed by atoms with Gasteiger partial charge < -0.3 is 0 Å². The SMILES string of the molecule is Cc1nc(C)c2c(c1C#N)C(C)(C)CC2. The van der Waals surface area contributed by atoms with Crippen molar-refractivity contribution in [3.63, 3.8) is 0 Å². The number of aromatic nitrogens is 1. The monoisotopic (exact) mass is 200 g/mol. The van der Waals surface area contributed by atoms with E-state index in [-0.39, 0.29) is 5.41 Å². The molecule has 1 heterocycles. The summed E-state index contributed by atoms with van der Waals surface area (Å²) in [5, 5.41) is 9.22. The van der Waals surface area contributed by atoms with Crippen LogP contribution in [0.25, 0.3) is 0 Å². The van der Waals surface area contributed by atoms with E-state index in [4.69, 9.17) is 0 Å². The van der Waals surface area contributed by atoms with Gasteiger partial charge >= 0.3 is 0 Å². The predicted molar refractivity (Wildman–Crippen MR) is 59.8 cm³/mol. The molecule has 0 N–H and O–H groups in total. The maximum Gasteiger partial charge on any atom is 0.101 e. The minimum atomic E-state index is 0.138. The second-order valence-corrected chi connectivity index (χ2v) is 5.01. The fourth-order valence-electron chi connectivity index (χ4n) is 2.64. The lowest BCUT2D eigenvalue weighted by molar-refractivity contribution is 0.521. The first-order valence-corrected chi connectivity index (χ1v) is 5.38. The second-order valence-electron chi connectivity index (χ2n) is 5.01. The smallest absolute Gasteiger partial charge is 0.101 e. The third-order valence-corrected chi connectivity index (χ3v) is 3.47. The highest BCUT2D eigenvalue weighted by Crippen LogP contribution is 2.41. The molecule has 0 amide bonds. The summed E-state index contributed by atoms with van der Waals surface area (Å²) in [5.74, 6) is 0. The summed E-state index contributed by atoms with van der Waals surface area (Å²) in [6.45, 7) is 8.42. The number of rotatable bonds is 0. The Morgan fingerprint density at radius 3 is 2.53 bits per heavy atom. The van der Waals surface area contributed by atoms with Crippen LogP contribution in [0.4, 0.5) is 0 Å². The molecule has 15 heavy (non-hydrogen) atoms. The van der Waals surface area contributed by atoms with Crippen molar-refractivity contribution in [1.82, 2.24) is 4.98 Å². The van der Waals surface area contributed by atoms with Crippen LogP contribution in [0.2, 0.25) is 0 Å². The molecule has 1 aliphatic rings. The van der Waals surface area contributed by atoms with Crippen molar-refractivity contribution in [3.8, 4) is 6.07 Å². The van der Waals surface area contributed by atoms with Crippen LogP contribution in [0.5, 0.6) is 0 Å². The van der Waals surface area contributed by atoms with Gasteiger partial charge in [0, 0.05) is 5.69 Å². The fourth-order valence-corrected chi connectivity index (χ4v) is 2.64. The molecule has 2 heteroatoms. The van der Waals surface area contributed by atoms with Gasteiger partial charge in [-0.15, -0.1) is 0 Å². The minimum absolute atomic E-state index is 0.138. The van der Waals surface area contributed by atoms with Gasteiger partial charge in [-0.1, -0.05) is 13.8 Å². The molecule has 0 saturated carbocycles. The largest absolute Gasteiger partial charge is 0.257 e. The number of hydrogen-bond acceptors (Lipinski definition) is 2. The van der Waals surface area contributed by atoms with Crippen LogP contribution >= 0.6 is 0 Å². The quantitative estimate of drug-likeness (QED) is 0.645. The van der Waals surface area contributed by atoms with Gasteiger partial charge in [0.2, 0.25) is 0 Å². The summed E-state index contributed by atoms with van der Waals surface area (Å²) in [6, 6.07) is 2.32. The van der Waals surface area contributed by atoms with Gasteiger partial charge in [-0.2, -0.15) is 5.26 Å². The molecule has 78 valence electrons. The molecule has 0 radical (unpaired) electrons. The average molecular weight is 200 g/mol. The fraction of sp³-hybridized carbons (Fsp3) is 0.538. The Morgan fingerprint density at radius 1 is 1.27 bits per heavy atom. The lowest BCUT2D eigenvalue weighted by Crippen LogP contribution is -2.15. The van der Waals surface area contributed by atoms with Gasteiger partial charge in [0.15, 0.2) is 0 Å². The molecular formula is C13H16N2. The highest BCUT2D eigenvalue weighted by atomic mass is 14.7. The molecule has 1 aromatic heterocycles. The summed E-state index contributed by atoms with van der Waals surface area (Å²) >= 11 is 0. The number of fused-ring (bicyclic) bond motifs is 1. The van der Waals surface area contributed by atoms with E-state index in [0.29, 0.717) is 0 Å². The normalized spacial score (nSPS) is 17.3. The molecule has 1 aromatic rings. The zero-order valence-corrected chi connectivity index (χ0v) is 9.81. The van der Waals surface area contributed by atoms with E-state index in [1.807, 2.05) is 13.8 Å². The standard InChI is InChI=1S/C13H16N2/c1-8-10-5-6-13(3,4)12(10)11(7-14)9(2)15-8/h5-6H2,1-4H3. The molecule has 0 bridgehead atoms. The predicted octanol–water partition coefficient (Wildman–Crippen LogP) is 2.79. The Balaban J connectivity index is 2.82. The van der Waals surface area contributed by atoms with Gasteiger partial charge in [-0.25, -0.2) is 0 Å². The van der Waals surface area contributed by atoms with E-state index in [1.54, 1.807) is 0 Å². The maximum atomic E-state index is 9.22. The zero-order valence-electron chi connectivity index (χ0n) is 9.81. The molecule has 0 aromatic carbocycles. The van der Waals surface area contributed by atoms with Crippen molar-refractivity contribution in [1.29, 1.82) is 5.26 Å². The third-order valence-electron chi connectivity index (χ3n) is 3.47. The summed E-state index contributed by atoms with van der Waals surface area (Å²) in [5.41, 5.74) is 5.48. The molecule has 2 nitrogen and oxygen atoms in total. The van der Waals surface area contributed by atoms with Gasteiger partial charge in [0.05, 0.1) is 11.3 Å². The van der Waals surface area contributed by atoms with Crippen LogP contribution in [0, 0.1) is 25.2 Å². The second kappa shape index (κ2) is 3.06. The first-order valence-electron chi connectivity index (χ1n) is 5.38. The lowest BCUT2D eigenvalue weighted by atomic mass is 9.83. The summed E-state index contributed by atoms with van der Waals surface area (Å²) < 4.78 is 0. The zero-order chi connectivity index (χ0) is 11.2. The van der Waals surface area contributed by atoms with E-state index in [2.05, 4.69) is 24.9 Å². The minimum Gasteiger partial charge on any atom is -0.257 e. The number of pyridine rings is 1. The van der Waals surface area contributed by atoms with Gasteiger partial charge in [0.1, 0.15) is 6.07 Å². The van der Waals surface area contributed by atoms with Crippen molar-refractivity contribution in [2.45, 2.75) is 46.0 Å². The van der Waals surface area contributed by atoms with Crippen LogP contribution in [-0.2, 0) is 11.8 Å². The molecule has 0 atom stereocenters. The third kappa shape index (κ3) is 1.34. The van der Waals surface area contributed by atoms with E-state index in [0.717, 1.165) is 29.8 Å². The molecular weight excluding hydrogens is 184 g/mol. The Labute approximate surface area is 91.0 Å². The molecule has 0 fully saturated rings. The Bertz CT molecular complexity index is 464. The van der Waals surface area contributed by atoms with Crippen LogP contribution < -0.4 is 0 Å². The van der Waals surface area contributed by atoms with Gasteiger partial charge in [0.25, 0.3) is 0 Å². The summed E-state index contributed by atoms with van der Waals surface area (Å²) in [4.78, 5) is 4.46. The summed E-state index contributed by atoms with van der Waals surface area (Å²) in [7, 11) is 0. The molecule has 0 aliphatic heterocycles. The highest BCUT2D eigenvalue weighted by Gasteiger charge is 2.34. The Kier molecular flexibility index (Phi) is 2.08. The van der Waals surface area contributed by atoms with Crippen LogP contribution in [-0.4, -0.2) is 4.98 Å². The molecule has 2 rings (SSSR count). The Morgan fingerprint density at radius 2 is 1.93 bits per heavy atom. The van der Waals surface area contributed by atoms with Crippen molar-refractivity contribution in [2.24, 2.45) is 0 Å². The van der Waals surface area contributed by atoms with Crippen molar-refractivity contribution in [3.05, 3.63) is 28.1 Å². The topological polar surface area (TPSA) is 36.7 Å².